The molecule has 2 heterocycles. The van der Waals surface area contributed by atoms with Crippen LogP contribution in [0, 0.1) is 35.3 Å². The Bertz CT molecular complexity index is 1240. The molecule has 0 radical (unpaired) electrons. The Morgan fingerprint density at radius 1 is 1.17 bits per heavy atom. The summed E-state index contributed by atoms with van der Waals surface area (Å²) in [6, 6.07) is 6.16. The number of nitrogens with zero attached hydrogens (tertiary/aromatic N) is 2. The van der Waals surface area contributed by atoms with E-state index >= 15 is 0 Å². The van der Waals surface area contributed by atoms with Crippen LogP contribution in [0.3, 0.4) is 0 Å². The Morgan fingerprint density at radius 3 is 2.73 bits per heavy atom. The highest BCUT2D eigenvalue weighted by Gasteiger charge is 2.21. The molecular formula is C22H15F4N3O. The number of aromatic amines is 1. The molecule has 0 aliphatic carbocycles. The summed E-state index contributed by atoms with van der Waals surface area (Å²) < 4.78 is 55.0. The van der Waals surface area contributed by atoms with Crippen molar-refractivity contribution >= 4 is 0 Å². The Kier molecular flexibility index (Phi) is 6.38. The fraction of sp³-hybridized carbons (Fsp3) is 0.182. The van der Waals surface area contributed by atoms with Crippen LogP contribution in [0.4, 0.5) is 17.6 Å². The monoisotopic (exact) mass is 413 g/mol. The lowest BCUT2D eigenvalue weighted by atomic mass is 9.89. The number of aryl methyl sites for hydroxylation is 1. The third kappa shape index (κ3) is 4.61. The van der Waals surface area contributed by atoms with Gasteiger partial charge in [-0.2, -0.15) is 5.10 Å². The molecule has 1 aromatic carbocycles. The van der Waals surface area contributed by atoms with Gasteiger partial charge in [-0.15, -0.1) is 0 Å². The van der Waals surface area contributed by atoms with Crippen LogP contribution in [-0.4, -0.2) is 14.8 Å². The van der Waals surface area contributed by atoms with Crippen molar-refractivity contribution < 1.29 is 17.6 Å². The van der Waals surface area contributed by atoms with Crippen molar-refractivity contribution in [2.24, 2.45) is 7.05 Å². The summed E-state index contributed by atoms with van der Waals surface area (Å²) in [4.78, 5) is 12.5. The highest BCUT2D eigenvalue weighted by Crippen LogP contribution is 2.28. The molecule has 0 fully saturated rings. The smallest absolute Gasteiger partial charge is 0.283 e. The van der Waals surface area contributed by atoms with E-state index in [1.165, 1.54) is 16.8 Å². The number of alkyl halides is 2. The number of aromatic nitrogens is 3. The molecule has 1 atom stereocenters. The minimum absolute atomic E-state index is 0.00428. The van der Waals surface area contributed by atoms with Crippen LogP contribution >= 0.6 is 0 Å². The lowest BCUT2D eigenvalue weighted by Gasteiger charge is -2.16. The maximum atomic E-state index is 14.4. The van der Waals surface area contributed by atoms with E-state index in [-0.39, 0.29) is 28.7 Å². The Hall–Kier alpha value is -3.78. The van der Waals surface area contributed by atoms with E-state index in [0.717, 1.165) is 18.2 Å². The number of nitrogens with one attached hydrogen (secondary N) is 1. The van der Waals surface area contributed by atoms with Gasteiger partial charge in [0.05, 0.1) is 5.56 Å². The van der Waals surface area contributed by atoms with E-state index in [1.54, 1.807) is 19.3 Å². The van der Waals surface area contributed by atoms with Crippen molar-refractivity contribution in [3.63, 3.8) is 0 Å². The first kappa shape index (κ1) is 20.9. The zero-order chi connectivity index (χ0) is 21.7. The van der Waals surface area contributed by atoms with Crippen LogP contribution in [0.2, 0.25) is 0 Å². The molecule has 4 nitrogen and oxygen atoms in total. The summed E-state index contributed by atoms with van der Waals surface area (Å²) in [6.07, 6.45) is -0.0212. The van der Waals surface area contributed by atoms with Gasteiger partial charge in [0.25, 0.3) is 12.0 Å². The SMILES string of the molecule is Cn1cccc(C(CC#CC#Cc2c[nH]nc2C(F)F)c2cc(F)ccc2F)c1=O. The van der Waals surface area contributed by atoms with Crippen molar-refractivity contribution in [1.29, 1.82) is 0 Å². The van der Waals surface area contributed by atoms with Crippen molar-refractivity contribution in [2.75, 3.05) is 0 Å². The highest BCUT2D eigenvalue weighted by atomic mass is 19.3. The standard InChI is InChI=1S/C22H15F4N3O/c1-29-11-5-8-17(22(29)30)16(18-12-15(23)9-10-19(18)24)7-4-2-3-6-14-13-27-28-20(14)21(25)26/h5,8-13,16,21H,7H2,1H3,(H,27,28). The second-order valence-electron chi connectivity index (χ2n) is 6.34. The summed E-state index contributed by atoms with van der Waals surface area (Å²) in [7, 11) is 1.55. The molecule has 0 aliphatic heterocycles. The molecule has 2 aromatic heterocycles. The molecule has 0 saturated carbocycles. The van der Waals surface area contributed by atoms with Gasteiger partial charge < -0.3 is 4.57 Å². The van der Waals surface area contributed by atoms with Gasteiger partial charge in [0, 0.05) is 37.3 Å². The van der Waals surface area contributed by atoms with Gasteiger partial charge in [0.1, 0.15) is 17.3 Å². The van der Waals surface area contributed by atoms with Gasteiger partial charge in [0.15, 0.2) is 0 Å². The van der Waals surface area contributed by atoms with Gasteiger partial charge in [-0.25, -0.2) is 17.6 Å². The molecule has 8 heteroatoms. The topological polar surface area (TPSA) is 50.7 Å². The molecule has 0 amide bonds. The van der Waals surface area contributed by atoms with Gasteiger partial charge in [-0.3, -0.25) is 9.89 Å². The van der Waals surface area contributed by atoms with E-state index < -0.39 is 29.7 Å². The number of pyridine rings is 1. The molecule has 0 saturated heterocycles. The first-order valence-electron chi connectivity index (χ1n) is 8.79. The number of benzene rings is 1. The van der Waals surface area contributed by atoms with E-state index in [2.05, 4.69) is 33.9 Å². The molecule has 1 N–H and O–H groups in total. The minimum Gasteiger partial charge on any atom is -0.318 e. The van der Waals surface area contributed by atoms with E-state index in [0.29, 0.717) is 0 Å². The van der Waals surface area contributed by atoms with Gasteiger partial charge >= 0.3 is 0 Å². The summed E-state index contributed by atoms with van der Waals surface area (Å²) in [5.74, 6) is 7.98. The zero-order valence-corrected chi connectivity index (χ0v) is 15.7. The largest absolute Gasteiger partial charge is 0.318 e. The second-order valence-corrected chi connectivity index (χ2v) is 6.34. The second kappa shape index (κ2) is 9.15. The average Bonchev–Trinajstić information content (AvgIpc) is 3.18. The Labute approximate surface area is 169 Å². The van der Waals surface area contributed by atoms with Gasteiger partial charge in [0.2, 0.25) is 0 Å². The minimum atomic E-state index is -2.77. The lowest BCUT2D eigenvalue weighted by Crippen LogP contribution is -2.23. The summed E-state index contributed by atoms with van der Waals surface area (Å²) in [6.45, 7) is 0. The number of H-pyrrole nitrogens is 1. The third-order valence-electron chi connectivity index (χ3n) is 4.39. The normalized spacial score (nSPS) is 11.4. The average molecular weight is 413 g/mol. The van der Waals surface area contributed by atoms with Crippen LogP contribution in [0.25, 0.3) is 0 Å². The molecule has 0 aliphatic rings. The fourth-order valence-corrected chi connectivity index (χ4v) is 2.92. The Balaban J connectivity index is 1.94. The van der Waals surface area contributed by atoms with Crippen molar-refractivity contribution in [3.05, 3.63) is 87.1 Å². The number of halogens is 4. The molecule has 0 spiro atoms. The molecule has 0 bridgehead atoms. The van der Waals surface area contributed by atoms with Gasteiger partial charge in [-0.05, 0) is 47.6 Å². The van der Waals surface area contributed by atoms with Crippen LogP contribution in [0.15, 0.2) is 47.5 Å². The molecule has 3 rings (SSSR count). The predicted molar refractivity (Wildman–Crippen MR) is 103 cm³/mol. The first-order chi connectivity index (χ1) is 14.4. The third-order valence-corrected chi connectivity index (χ3v) is 4.39. The molecular weight excluding hydrogens is 398 g/mol. The summed E-state index contributed by atoms with van der Waals surface area (Å²) in [5, 5.41) is 5.73. The highest BCUT2D eigenvalue weighted by molar-refractivity contribution is 5.42. The number of hydrogen-bond acceptors (Lipinski definition) is 2. The molecule has 1 unspecified atom stereocenters. The maximum absolute atomic E-state index is 14.4. The van der Waals surface area contributed by atoms with Crippen molar-refractivity contribution in [1.82, 2.24) is 14.8 Å². The molecule has 30 heavy (non-hydrogen) atoms. The lowest BCUT2D eigenvalue weighted by molar-refractivity contribution is 0.145. The number of hydrogen-bond donors (Lipinski definition) is 1. The maximum Gasteiger partial charge on any atom is 0.283 e. The predicted octanol–water partition coefficient (Wildman–Crippen LogP) is 3.90. The first-order valence-corrected chi connectivity index (χ1v) is 8.79. The quantitative estimate of drug-likeness (QED) is 0.521. The van der Waals surface area contributed by atoms with E-state index in [9.17, 15) is 22.4 Å². The van der Waals surface area contributed by atoms with Gasteiger partial charge in [-0.1, -0.05) is 12.0 Å². The van der Waals surface area contributed by atoms with Crippen LogP contribution in [0.5, 0.6) is 0 Å². The van der Waals surface area contributed by atoms with Crippen LogP contribution < -0.4 is 5.56 Å². The fourth-order valence-electron chi connectivity index (χ4n) is 2.92. The molecule has 152 valence electrons. The van der Waals surface area contributed by atoms with Crippen molar-refractivity contribution in [3.8, 4) is 23.7 Å². The summed E-state index contributed by atoms with van der Waals surface area (Å²) in [5.41, 5.74) is -0.572. The summed E-state index contributed by atoms with van der Waals surface area (Å²) >= 11 is 0. The van der Waals surface area contributed by atoms with Crippen LogP contribution in [-0.2, 0) is 7.05 Å². The number of rotatable bonds is 4. The molecule has 3 aromatic rings. The van der Waals surface area contributed by atoms with E-state index in [1.807, 2.05) is 0 Å². The van der Waals surface area contributed by atoms with E-state index in [4.69, 9.17) is 0 Å². The Morgan fingerprint density at radius 2 is 1.97 bits per heavy atom. The zero-order valence-electron chi connectivity index (χ0n) is 15.7. The van der Waals surface area contributed by atoms with Crippen molar-refractivity contribution in [2.45, 2.75) is 18.8 Å². The van der Waals surface area contributed by atoms with Crippen LogP contribution in [0.1, 0.15) is 41.1 Å².